The second-order valence-corrected chi connectivity index (χ2v) is 5.22. The van der Waals surface area contributed by atoms with E-state index in [1.165, 1.54) is 11.2 Å². The monoisotopic (exact) mass is 330 g/mol. The summed E-state index contributed by atoms with van der Waals surface area (Å²) in [5.74, 6) is 0.243. The van der Waals surface area contributed by atoms with Crippen molar-refractivity contribution in [2.24, 2.45) is 0 Å². The molecule has 24 heavy (non-hydrogen) atoms. The second kappa shape index (κ2) is 8.04. The normalized spacial score (nSPS) is 14.7. The van der Waals surface area contributed by atoms with Gasteiger partial charge in [-0.15, -0.1) is 0 Å². The average Bonchev–Trinajstić information content (AvgIpc) is 2.61. The minimum Gasteiger partial charge on any atom is -0.348 e. The molecule has 0 amide bonds. The molecule has 10 nitrogen and oxygen atoms in total. The van der Waals surface area contributed by atoms with Crippen molar-refractivity contribution in [1.82, 2.24) is 14.9 Å². The third-order valence-corrected chi connectivity index (χ3v) is 3.91. The maximum Gasteiger partial charge on any atom is 0.353 e. The fourth-order valence-corrected chi connectivity index (χ4v) is 2.64. The molecule has 0 aliphatic carbocycles. The van der Waals surface area contributed by atoms with E-state index in [-0.39, 0.29) is 30.4 Å². The maximum atomic E-state index is 11.6. The summed E-state index contributed by atoms with van der Waals surface area (Å²) in [5, 5.41) is 29.4. The van der Waals surface area contributed by atoms with Gasteiger partial charge in [-0.1, -0.05) is 6.92 Å². The topological polar surface area (TPSA) is 126 Å². The third kappa shape index (κ3) is 3.67. The Hall–Kier alpha value is -2.98. The van der Waals surface area contributed by atoms with Gasteiger partial charge in [-0.2, -0.15) is 10.5 Å². The molecular weight excluding hydrogens is 312 g/mol. The van der Waals surface area contributed by atoms with Crippen LogP contribution in [-0.2, 0) is 0 Å². The van der Waals surface area contributed by atoms with Gasteiger partial charge in [0, 0.05) is 26.2 Å². The molecule has 1 fully saturated rings. The summed E-state index contributed by atoms with van der Waals surface area (Å²) in [7, 11) is 0. The van der Waals surface area contributed by atoms with Crippen molar-refractivity contribution in [1.29, 1.82) is 10.5 Å². The molecule has 1 aromatic rings. The average molecular weight is 330 g/mol. The van der Waals surface area contributed by atoms with Crippen LogP contribution in [0.25, 0.3) is 0 Å². The van der Waals surface area contributed by atoms with E-state index in [1.54, 1.807) is 0 Å². The Balaban J connectivity index is 2.39. The molecule has 0 spiro atoms. The number of nitro groups is 1. The lowest BCUT2D eigenvalue weighted by Gasteiger charge is -2.34. The molecule has 0 N–H and O–H groups in total. The molecule has 10 heteroatoms. The minimum atomic E-state index is -0.543. The van der Waals surface area contributed by atoms with Gasteiger partial charge in [-0.3, -0.25) is 10.1 Å². The molecular formula is C14H18N8O2. The van der Waals surface area contributed by atoms with Crippen LogP contribution in [0.1, 0.15) is 6.92 Å². The zero-order chi connectivity index (χ0) is 17.5. The van der Waals surface area contributed by atoms with Gasteiger partial charge in [0.15, 0.2) is 0 Å². The Morgan fingerprint density at radius 2 is 1.88 bits per heavy atom. The fourth-order valence-electron chi connectivity index (χ4n) is 2.64. The highest BCUT2D eigenvalue weighted by atomic mass is 16.6. The summed E-state index contributed by atoms with van der Waals surface area (Å²) in [6.45, 7) is 5.54. The van der Waals surface area contributed by atoms with Crippen molar-refractivity contribution in [3.05, 3.63) is 16.4 Å². The molecule has 0 bridgehead atoms. The van der Waals surface area contributed by atoms with E-state index in [0.29, 0.717) is 13.1 Å². The lowest BCUT2D eigenvalue weighted by atomic mass is 10.3. The molecule has 0 aromatic carbocycles. The van der Waals surface area contributed by atoms with E-state index in [9.17, 15) is 10.1 Å². The van der Waals surface area contributed by atoms with Gasteiger partial charge in [0.1, 0.15) is 19.4 Å². The largest absolute Gasteiger partial charge is 0.353 e. The first-order valence-electron chi connectivity index (χ1n) is 7.57. The first-order chi connectivity index (χ1) is 11.6. The number of nitriles is 2. The highest BCUT2D eigenvalue weighted by molar-refractivity contribution is 5.71. The summed E-state index contributed by atoms with van der Waals surface area (Å²) in [6, 6.07) is 3.80. The Morgan fingerprint density at radius 1 is 1.25 bits per heavy atom. The molecule has 2 rings (SSSR count). The van der Waals surface area contributed by atoms with Crippen LogP contribution in [0.4, 0.5) is 17.3 Å². The van der Waals surface area contributed by atoms with Crippen LogP contribution in [0.3, 0.4) is 0 Å². The molecule has 1 aliphatic heterocycles. The Kier molecular flexibility index (Phi) is 5.82. The number of likely N-dealkylation sites (N-methyl/N-ethyl adjacent to an activating group) is 1. The first-order valence-corrected chi connectivity index (χ1v) is 7.57. The van der Waals surface area contributed by atoms with E-state index < -0.39 is 4.92 Å². The number of anilines is 2. The molecule has 0 atom stereocenters. The summed E-state index contributed by atoms with van der Waals surface area (Å²) >= 11 is 0. The van der Waals surface area contributed by atoms with Gasteiger partial charge in [0.05, 0.1) is 17.1 Å². The zero-order valence-corrected chi connectivity index (χ0v) is 13.4. The molecule has 126 valence electrons. The quantitative estimate of drug-likeness (QED) is 0.413. The Labute approximate surface area is 139 Å². The van der Waals surface area contributed by atoms with Crippen molar-refractivity contribution in [3.8, 4) is 12.1 Å². The van der Waals surface area contributed by atoms with E-state index >= 15 is 0 Å². The standard InChI is InChI=1S/C14H18N8O2/c1-2-19-7-9-21(10-8-19)14-12(22(23)24)13(17-11-18-14)20(5-3-15)6-4-16/h11H,2,5-10H2,1H3. The van der Waals surface area contributed by atoms with Crippen LogP contribution in [0.2, 0.25) is 0 Å². The van der Waals surface area contributed by atoms with Gasteiger partial charge in [-0.25, -0.2) is 9.97 Å². The van der Waals surface area contributed by atoms with Crippen LogP contribution >= 0.6 is 0 Å². The number of aromatic nitrogens is 2. The smallest absolute Gasteiger partial charge is 0.348 e. The van der Waals surface area contributed by atoms with Crippen molar-refractivity contribution in [2.45, 2.75) is 6.92 Å². The number of rotatable bonds is 6. The lowest BCUT2D eigenvalue weighted by Crippen LogP contribution is -2.46. The van der Waals surface area contributed by atoms with Crippen molar-refractivity contribution < 1.29 is 4.92 Å². The van der Waals surface area contributed by atoms with E-state index in [2.05, 4.69) is 21.8 Å². The van der Waals surface area contributed by atoms with Gasteiger partial charge < -0.3 is 14.7 Å². The van der Waals surface area contributed by atoms with Gasteiger partial charge in [0.2, 0.25) is 11.6 Å². The number of hydrogen-bond donors (Lipinski definition) is 0. The molecule has 0 saturated carbocycles. The number of hydrogen-bond acceptors (Lipinski definition) is 9. The summed E-state index contributed by atoms with van der Waals surface area (Å²) < 4.78 is 0. The van der Waals surface area contributed by atoms with Crippen LogP contribution < -0.4 is 9.80 Å². The Morgan fingerprint density at radius 3 is 2.38 bits per heavy atom. The van der Waals surface area contributed by atoms with Gasteiger partial charge >= 0.3 is 5.69 Å². The zero-order valence-electron chi connectivity index (χ0n) is 13.4. The molecule has 0 radical (unpaired) electrons. The number of nitrogens with zero attached hydrogens (tertiary/aromatic N) is 8. The summed E-state index contributed by atoms with van der Waals surface area (Å²) in [5.41, 5.74) is -0.257. The SMILES string of the molecule is CCN1CCN(c2ncnc(N(CC#N)CC#N)c2[N+](=O)[O-])CC1. The van der Waals surface area contributed by atoms with Crippen molar-refractivity contribution >= 4 is 17.3 Å². The van der Waals surface area contributed by atoms with Crippen molar-refractivity contribution in [2.75, 3.05) is 55.6 Å². The lowest BCUT2D eigenvalue weighted by molar-refractivity contribution is -0.383. The molecule has 1 aliphatic rings. The van der Waals surface area contributed by atoms with E-state index in [4.69, 9.17) is 10.5 Å². The van der Waals surface area contributed by atoms with Gasteiger partial charge in [0.25, 0.3) is 0 Å². The fraction of sp³-hybridized carbons (Fsp3) is 0.571. The predicted molar refractivity (Wildman–Crippen MR) is 86.5 cm³/mol. The van der Waals surface area contributed by atoms with Crippen LogP contribution in [0.15, 0.2) is 6.33 Å². The van der Waals surface area contributed by atoms with Crippen LogP contribution in [-0.4, -0.2) is 65.6 Å². The maximum absolute atomic E-state index is 11.6. The molecule has 1 aromatic heterocycles. The van der Waals surface area contributed by atoms with Crippen LogP contribution in [0.5, 0.6) is 0 Å². The third-order valence-electron chi connectivity index (χ3n) is 3.91. The first kappa shape index (κ1) is 17.4. The summed E-state index contributed by atoms with van der Waals surface area (Å²) in [4.78, 5) is 24.5. The minimum absolute atomic E-state index is 0.00558. The van der Waals surface area contributed by atoms with Crippen LogP contribution in [0, 0.1) is 32.8 Å². The molecule has 2 heterocycles. The van der Waals surface area contributed by atoms with Crippen molar-refractivity contribution in [3.63, 3.8) is 0 Å². The predicted octanol–water partition coefficient (Wildman–Crippen LogP) is 0.380. The highest BCUT2D eigenvalue weighted by Crippen LogP contribution is 2.34. The van der Waals surface area contributed by atoms with E-state index in [1.807, 2.05) is 17.0 Å². The molecule has 1 saturated heterocycles. The van der Waals surface area contributed by atoms with Gasteiger partial charge in [-0.05, 0) is 6.54 Å². The van der Waals surface area contributed by atoms with E-state index in [0.717, 1.165) is 19.6 Å². The Bertz CT molecular complexity index is 656. The molecule has 0 unspecified atom stereocenters. The summed E-state index contributed by atoms with van der Waals surface area (Å²) in [6.07, 6.45) is 1.24. The second-order valence-electron chi connectivity index (χ2n) is 5.22. The highest BCUT2D eigenvalue weighted by Gasteiger charge is 2.31. The number of piperazine rings is 1.